The molecule has 0 N–H and O–H groups in total. The van der Waals surface area contributed by atoms with Crippen molar-refractivity contribution in [1.82, 2.24) is 4.98 Å². The van der Waals surface area contributed by atoms with E-state index in [0.29, 0.717) is 12.5 Å². The monoisotopic (exact) mass is 371 g/mol. The molecule has 0 unspecified atom stereocenters. The molecule has 0 atom stereocenters. The molecule has 1 heterocycles. The van der Waals surface area contributed by atoms with Gasteiger partial charge in [-0.3, -0.25) is 0 Å². The molecule has 2 aromatic rings. The Hall–Kier alpha value is -1.50. The van der Waals surface area contributed by atoms with Crippen molar-refractivity contribution in [2.75, 3.05) is 14.2 Å². The quantitative estimate of drug-likeness (QED) is 0.598. The highest BCUT2D eigenvalue weighted by Crippen LogP contribution is 2.23. The highest BCUT2D eigenvalue weighted by atomic mass is 127. The van der Waals surface area contributed by atoms with Crippen LogP contribution >= 0.6 is 22.6 Å². The van der Waals surface area contributed by atoms with Gasteiger partial charge in [0, 0.05) is 12.1 Å². The second kappa shape index (κ2) is 6.60. The summed E-state index contributed by atoms with van der Waals surface area (Å²) in [6.07, 6.45) is 0. The summed E-state index contributed by atoms with van der Waals surface area (Å²) in [5.41, 5.74) is 0.969. The van der Waals surface area contributed by atoms with Crippen molar-refractivity contribution in [1.29, 1.82) is 0 Å². The third-order valence-corrected chi connectivity index (χ3v) is 3.09. The molecule has 0 aliphatic carbocycles. The first-order valence-electron chi connectivity index (χ1n) is 5.68. The molecule has 0 saturated heterocycles. The summed E-state index contributed by atoms with van der Waals surface area (Å²) in [5, 5.41) is 0. The maximum Gasteiger partial charge on any atom is 0.214 e. The largest absolute Gasteiger partial charge is 0.497 e. The minimum absolute atomic E-state index is 0.417. The fraction of sp³-hybridized carbons (Fsp3) is 0.214. The summed E-state index contributed by atoms with van der Waals surface area (Å²) in [5.74, 6) is 2.09. The van der Waals surface area contributed by atoms with Crippen molar-refractivity contribution in [3.05, 3.63) is 45.7 Å². The van der Waals surface area contributed by atoms with E-state index < -0.39 is 0 Å². The molecule has 0 bridgehead atoms. The summed E-state index contributed by atoms with van der Waals surface area (Å²) in [6.45, 7) is 0.417. The number of ether oxygens (including phenoxy) is 3. The van der Waals surface area contributed by atoms with Crippen LogP contribution in [-0.2, 0) is 6.61 Å². The summed E-state index contributed by atoms with van der Waals surface area (Å²) >= 11 is 2.15. The Morgan fingerprint density at radius 1 is 1.05 bits per heavy atom. The van der Waals surface area contributed by atoms with E-state index in [1.165, 1.54) is 0 Å². The zero-order valence-corrected chi connectivity index (χ0v) is 12.9. The molecular formula is C14H14INO3. The number of nitrogens with zero attached hydrogens (tertiary/aromatic N) is 1. The van der Waals surface area contributed by atoms with Crippen LogP contribution in [0.15, 0.2) is 36.4 Å². The molecule has 0 radical (unpaired) electrons. The number of aromatic nitrogens is 1. The molecule has 5 heteroatoms. The van der Waals surface area contributed by atoms with Crippen molar-refractivity contribution < 1.29 is 14.2 Å². The number of benzene rings is 1. The van der Waals surface area contributed by atoms with Crippen LogP contribution in [0.3, 0.4) is 0 Å². The first-order chi connectivity index (χ1) is 9.21. The Bertz CT molecular complexity index is 538. The Kier molecular flexibility index (Phi) is 4.84. The molecule has 100 valence electrons. The smallest absolute Gasteiger partial charge is 0.214 e. The summed E-state index contributed by atoms with van der Waals surface area (Å²) in [4.78, 5) is 4.28. The number of hydrogen-bond donors (Lipinski definition) is 0. The summed E-state index contributed by atoms with van der Waals surface area (Å²) in [7, 11) is 3.25. The summed E-state index contributed by atoms with van der Waals surface area (Å²) < 4.78 is 17.0. The number of halogens is 1. The number of rotatable bonds is 5. The average Bonchev–Trinajstić information content (AvgIpc) is 2.44. The molecular weight excluding hydrogens is 357 g/mol. The molecule has 19 heavy (non-hydrogen) atoms. The highest BCUT2D eigenvalue weighted by molar-refractivity contribution is 14.1. The van der Waals surface area contributed by atoms with Crippen molar-refractivity contribution in [2.45, 2.75) is 6.61 Å². The maximum absolute atomic E-state index is 5.64. The van der Waals surface area contributed by atoms with Crippen LogP contribution in [0.5, 0.6) is 17.4 Å². The van der Waals surface area contributed by atoms with Gasteiger partial charge >= 0.3 is 0 Å². The van der Waals surface area contributed by atoms with Crippen LogP contribution < -0.4 is 14.2 Å². The molecule has 0 fully saturated rings. The van der Waals surface area contributed by atoms with Gasteiger partial charge < -0.3 is 14.2 Å². The SMILES string of the molecule is COc1cc(COc2cccc(I)n2)cc(OC)c1. The van der Waals surface area contributed by atoms with Crippen LogP contribution in [0.4, 0.5) is 0 Å². The third-order valence-electron chi connectivity index (χ3n) is 2.49. The van der Waals surface area contributed by atoms with Crippen LogP contribution in [0.2, 0.25) is 0 Å². The molecule has 4 nitrogen and oxygen atoms in total. The first kappa shape index (κ1) is 13.9. The lowest BCUT2D eigenvalue weighted by Crippen LogP contribution is -1.99. The van der Waals surface area contributed by atoms with Gasteiger partial charge in [-0.1, -0.05) is 6.07 Å². The zero-order valence-electron chi connectivity index (χ0n) is 10.7. The molecule has 2 rings (SSSR count). The van der Waals surface area contributed by atoms with Gasteiger partial charge in [-0.2, -0.15) is 0 Å². The van der Waals surface area contributed by atoms with E-state index in [0.717, 1.165) is 20.8 Å². The number of pyridine rings is 1. The molecule has 1 aromatic carbocycles. The van der Waals surface area contributed by atoms with Crippen LogP contribution in [-0.4, -0.2) is 19.2 Å². The lowest BCUT2D eigenvalue weighted by Gasteiger charge is -2.09. The molecule has 0 aliphatic rings. The van der Waals surface area contributed by atoms with E-state index in [-0.39, 0.29) is 0 Å². The normalized spacial score (nSPS) is 10.1. The third kappa shape index (κ3) is 3.99. The molecule has 0 spiro atoms. The lowest BCUT2D eigenvalue weighted by molar-refractivity contribution is 0.291. The highest BCUT2D eigenvalue weighted by Gasteiger charge is 2.03. The van der Waals surface area contributed by atoms with Crippen LogP contribution in [0.1, 0.15) is 5.56 Å². The number of hydrogen-bond acceptors (Lipinski definition) is 4. The Morgan fingerprint density at radius 3 is 2.32 bits per heavy atom. The van der Waals surface area contributed by atoms with Gasteiger partial charge in [0.1, 0.15) is 21.8 Å². The Balaban J connectivity index is 2.10. The minimum Gasteiger partial charge on any atom is -0.497 e. The predicted molar refractivity (Wildman–Crippen MR) is 80.8 cm³/mol. The second-order valence-corrected chi connectivity index (χ2v) is 4.91. The van der Waals surface area contributed by atoms with Gasteiger partial charge in [0.25, 0.3) is 0 Å². The molecule has 1 aromatic heterocycles. The van der Waals surface area contributed by atoms with Crippen molar-refractivity contribution in [3.63, 3.8) is 0 Å². The Labute approximate surface area is 125 Å². The van der Waals surface area contributed by atoms with Gasteiger partial charge in [0.05, 0.1) is 14.2 Å². The van der Waals surface area contributed by atoms with E-state index in [2.05, 4.69) is 27.6 Å². The number of methoxy groups -OCH3 is 2. The molecule has 0 aliphatic heterocycles. The average molecular weight is 371 g/mol. The van der Waals surface area contributed by atoms with Crippen molar-refractivity contribution in [3.8, 4) is 17.4 Å². The fourth-order valence-electron chi connectivity index (χ4n) is 1.58. The predicted octanol–water partition coefficient (Wildman–Crippen LogP) is 3.28. The van der Waals surface area contributed by atoms with E-state index in [9.17, 15) is 0 Å². The molecule has 0 amide bonds. The molecule has 0 saturated carbocycles. The van der Waals surface area contributed by atoms with Crippen molar-refractivity contribution >= 4 is 22.6 Å². The second-order valence-electron chi connectivity index (χ2n) is 3.81. The Morgan fingerprint density at radius 2 is 1.74 bits per heavy atom. The van der Waals surface area contributed by atoms with E-state index in [1.54, 1.807) is 14.2 Å². The van der Waals surface area contributed by atoms with E-state index >= 15 is 0 Å². The zero-order chi connectivity index (χ0) is 13.7. The van der Waals surface area contributed by atoms with E-state index in [4.69, 9.17) is 14.2 Å². The standard InChI is InChI=1S/C14H14INO3/c1-17-11-6-10(7-12(8-11)18-2)9-19-14-5-3-4-13(15)16-14/h3-8H,9H2,1-2H3. The van der Waals surface area contributed by atoms with Gasteiger partial charge in [0.2, 0.25) is 5.88 Å². The lowest BCUT2D eigenvalue weighted by atomic mass is 10.2. The van der Waals surface area contributed by atoms with Crippen molar-refractivity contribution in [2.24, 2.45) is 0 Å². The maximum atomic E-state index is 5.64. The van der Waals surface area contributed by atoms with E-state index in [1.807, 2.05) is 36.4 Å². The van der Waals surface area contributed by atoms with Gasteiger partial charge in [-0.05, 0) is 46.4 Å². The first-order valence-corrected chi connectivity index (χ1v) is 6.76. The van der Waals surface area contributed by atoms with Gasteiger partial charge in [-0.15, -0.1) is 0 Å². The van der Waals surface area contributed by atoms with Crippen LogP contribution in [0, 0.1) is 3.70 Å². The summed E-state index contributed by atoms with van der Waals surface area (Å²) in [6, 6.07) is 11.3. The fourth-order valence-corrected chi connectivity index (χ4v) is 2.02. The topological polar surface area (TPSA) is 40.6 Å². The minimum atomic E-state index is 0.417. The van der Waals surface area contributed by atoms with Gasteiger partial charge in [-0.25, -0.2) is 4.98 Å². The van der Waals surface area contributed by atoms with Gasteiger partial charge in [0.15, 0.2) is 0 Å². The van der Waals surface area contributed by atoms with Crippen LogP contribution in [0.25, 0.3) is 0 Å².